The van der Waals surface area contributed by atoms with Gasteiger partial charge in [-0.2, -0.15) is 9.64 Å². The van der Waals surface area contributed by atoms with E-state index in [0.29, 0.717) is 44.7 Å². The summed E-state index contributed by atoms with van der Waals surface area (Å²) in [6.45, 7) is 1.73. The highest BCUT2D eigenvalue weighted by atomic mass is 32.1. The maximum atomic E-state index is 13.0. The smallest absolute Gasteiger partial charge is 0.259 e. The lowest BCUT2D eigenvalue weighted by atomic mass is 10.1. The molecule has 0 spiro atoms. The monoisotopic (exact) mass is 484 g/mol. The van der Waals surface area contributed by atoms with E-state index in [-0.39, 0.29) is 18.0 Å². The summed E-state index contributed by atoms with van der Waals surface area (Å²) in [5.74, 6) is 1.32. The number of ether oxygens (including phenoxy) is 2. The summed E-state index contributed by atoms with van der Waals surface area (Å²) in [6, 6.07) is 15.8. The Morgan fingerprint density at radius 2 is 1.86 bits per heavy atom. The van der Waals surface area contributed by atoms with Crippen LogP contribution in [0.4, 0.5) is 5.69 Å². The molecule has 1 aromatic carbocycles. The summed E-state index contributed by atoms with van der Waals surface area (Å²) >= 11 is 1.10. The van der Waals surface area contributed by atoms with Crippen molar-refractivity contribution in [3.05, 3.63) is 88.3 Å². The number of nitrogens with zero attached hydrogens (tertiary/aromatic N) is 4. The van der Waals surface area contributed by atoms with E-state index in [2.05, 4.69) is 19.7 Å². The standard InChI is InChI=1S/C25H20N6O3S/c1-15-23(24(35-31-15)21(27)11-17-4-3-16(12-26)13-28-17)25(32)30-18-5-10-22(29-14-18)34-20-8-6-19(33-2)7-9-20/h3-10,13-14,27H,11H2,1-2H3,(H,30,32). The lowest BCUT2D eigenvalue weighted by Gasteiger charge is -2.09. The van der Waals surface area contributed by atoms with E-state index in [4.69, 9.17) is 20.1 Å². The highest BCUT2D eigenvalue weighted by Crippen LogP contribution is 2.25. The van der Waals surface area contributed by atoms with Crippen molar-refractivity contribution in [3.63, 3.8) is 0 Å². The van der Waals surface area contributed by atoms with Gasteiger partial charge >= 0.3 is 0 Å². The van der Waals surface area contributed by atoms with Crippen molar-refractivity contribution in [1.29, 1.82) is 10.7 Å². The molecule has 0 aliphatic rings. The molecule has 0 unspecified atom stereocenters. The van der Waals surface area contributed by atoms with Gasteiger partial charge in [0.2, 0.25) is 5.88 Å². The predicted octanol–water partition coefficient (Wildman–Crippen LogP) is 4.78. The van der Waals surface area contributed by atoms with Crippen molar-refractivity contribution in [2.75, 3.05) is 12.4 Å². The summed E-state index contributed by atoms with van der Waals surface area (Å²) in [7, 11) is 1.59. The highest BCUT2D eigenvalue weighted by molar-refractivity contribution is 7.08. The number of methoxy groups -OCH3 is 1. The molecule has 10 heteroatoms. The van der Waals surface area contributed by atoms with E-state index in [1.807, 2.05) is 6.07 Å². The number of nitriles is 1. The molecule has 9 nitrogen and oxygen atoms in total. The first-order valence-corrected chi connectivity index (χ1v) is 11.2. The number of anilines is 1. The first-order chi connectivity index (χ1) is 17.0. The molecule has 0 saturated heterocycles. The van der Waals surface area contributed by atoms with Crippen molar-refractivity contribution in [3.8, 4) is 23.4 Å². The summed E-state index contributed by atoms with van der Waals surface area (Å²) in [4.78, 5) is 22.0. The minimum absolute atomic E-state index is 0.215. The molecule has 3 aromatic heterocycles. The lowest BCUT2D eigenvalue weighted by Crippen LogP contribution is -2.17. The Labute approximate surface area is 205 Å². The topological polar surface area (TPSA) is 134 Å². The second-order valence-electron chi connectivity index (χ2n) is 7.39. The fraction of sp³-hybridized carbons (Fsp3) is 0.120. The van der Waals surface area contributed by atoms with E-state index < -0.39 is 0 Å². The minimum atomic E-state index is -0.380. The maximum absolute atomic E-state index is 13.0. The van der Waals surface area contributed by atoms with Crippen molar-refractivity contribution < 1.29 is 14.3 Å². The molecule has 0 atom stereocenters. The van der Waals surface area contributed by atoms with E-state index in [1.165, 1.54) is 12.4 Å². The average Bonchev–Trinajstić information content (AvgIpc) is 3.28. The summed E-state index contributed by atoms with van der Waals surface area (Å²) in [5.41, 5.74) is 2.65. The van der Waals surface area contributed by atoms with Gasteiger partial charge in [-0.3, -0.25) is 9.78 Å². The molecule has 4 aromatic rings. The number of aryl methyl sites for hydroxylation is 1. The zero-order valence-electron chi connectivity index (χ0n) is 18.9. The van der Waals surface area contributed by atoms with Gasteiger partial charge in [0.15, 0.2) is 0 Å². The van der Waals surface area contributed by atoms with Crippen LogP contribution < -0.4 is 14.8 Å². The third-order valence-electron chi connectivity index (χ3n) is 4.95. The Hall–Kier alpha value is -4.62. The van der Waals surface area contributed by atoms with Gasteiger partial charge in [0.1, 0.15) is 17.6 Å². The molecule has 0 saturated carbocycles. The predicted molar refractivity (Wildman–Crippen MR) is 132 cm³/mol. The van der Waals surface area contributed by atoms with Crippen LogP contribution in [0.25, 0.3) is 0 Å². The Morgan fingerprint density at radius 3 is 2.49 bits per heavy atom. The maximum Gasteiger partial charge on any atom is 0.259 e. The largest absolute Gasteiger partial charge is 0.497 e. The van der Waals surface area contributed by atoms with E-state index in [1.54, 1.807) is 62.6 Å². The summed E-state index contributed by atoms with van der Waals surface area (Å²) in [5, 5.41) is 20.2. The zero-order chi connectivity index (χ0) is 24.8. The van der Waals surface area contributed by atoms with Gasteiger partial charge in [-0.15, -0.1) is 0 Å². The number of rotatable bonds is 8. The van der Waals surface area contributed by atoms with Gasteiger partial charge in [0, 0.05) is 24.4 Å². The molecular formula is C25H20N6O3S. The molecule has 3 heterocycles. The normalized spacial score (nSPS) is 10.3. The molecule has 1 amide bonds. The SMILES string of the molecule is COc1ccc(Oc2ccc(NC(=O)c3c(C)nsc3C(=N)Cc3ccc(C#N)cn3)cn2)cc1. The lowest BCUT2D eigenvalue weighted by molar-refractivity contribution is 0.102. The van der Waals surface area contributed by atoms with Gasteiger partial charge < -0.3 is 20.2 Å². The molecule has 174 valence electrons. The number of hydrogen-bond donors (Lipinski definition) is 2. The van der Waals surface area contributed by atoms with Crippen LogP contribution in [0.15, 0.2) is 60.9 Å². The van der Waals surface area contributed by atoms with Gasteiger partial charge in [-0.25, -0.2) is 4.98 Å². The van der Waals surface area contributed by atoms with E-state index in [0.717, 1.165) is 17.3 Å². The van der Waals surface area contributed by atoms with E-state index in [9.17, 15) is 4.79 Å². The van der Waals surface area contributed by atoms with Crippen LogP contribution in [-0.4, -0.2) is 33.1 Å². The second kappa shape index (κ2) is 10.5. The van der Waals surface area contributed by atoms with Crippen LogP contribution in [0.5, 0.6) is 17.4 Å². The number of carbonyl (C=O) groups is 1. The first-order valence-electron chi connectivity index (χ1n) is 10.4. The van der Waals surface area contributed by atoms with Crippen molar-refractivity contribution in [1.82, 2.24) is 14.3 Å². The van der Waals surface area contributed by atoms with E-state index >= 15 is 0 Å². The molecule has 0 fully saturated rings. The van der Waals surface area contributed by atoms with Crippen LogP contribution in [0.2, 0.25) is 0 Å². The van der Waals surface area contributed by atoms with Crippen LogP contribution >= 0.6 is 11.5 Å². The molecular weight excluding hydrogens is 464 g/mol. The summed E-state index contributed by atoms with van der Waals surface area (Å²) in [6.07, 6.45) is 3.17. The number of hydrogen-bond acceptors (Lipinski definition) is 9. The number of nitrogens with one attached hydrogen (secondary N) is 2. The average molecular weight is 485 g/mol. The Balaban J connectivity index is 1.43. The second-order valence-corrected chi connectivity index (χ2v) is 8.17. The fourth-order valence-corrected chi connectivity index (χ4v) is 4.01. The third-order valence-corrected chi connectivity index (χ3v) is 5.95. The number of pyridine rings is 2. The molecule has 2 N–H and O–H groups in total. The van der Waals surface area contributed by atoms with Crippen LogP contribution in [0, 0.1) is 23.7 Å². The van der Waals surface area contributed by atoms with Crippen LogP contribution in [-0.2, 0) is 6.42 Å². The molecule has 0 aliphatic carbocycles. The number of aromatic nitrogens is 3. The van der Waals surface area contributed by atoms with Gasteiger partial charge in [-0.1, -0.05) is 0 Å². The molecule has 0 aliphatic heterocycles. The zero-order valence-corrected chi connectivity index (χ0v) is 19.7. The first kappa shape index (κ1) is 23.5. The molecule has 0 bridgehead atoms. The number of amides is 1. The number of benzene rings is 1. The third kappa shape index (κ3) is 5.66. The Bertz CT molecular complexity index is 1390. The Kier molecular flexibility index (Phi) is 7.09. The van der Waals surface area contributed by atoms with Crippen molar-refractivity contribution in [2.24, 2.45) is 0 Å². The van der Waals surface area contributed by atoms with Gasteiger partial charge in [0.05, 0.1) is 46.4 Å². The quantitative estimate of drug-likeness (QED) is 0.344. The fourth-order valence-electron chi connectivity index (χ4n) is 3.17. The Morgan fingerprint density at radius 1 is 1.09 bits per heavy atom. The highest BCUT2D eigenvalue weighted by Gasteiger charge is 2.22. The summed E-state index contributed by atoms with van der Waals surface area (Å²) < 4.78 is 15.1. The van der Waals surface area contributed by atoms with Crippen LogP contribution in [0.3, 0.4) is 0 Å². The molecule has 0 radical (unpaired) electrons. The van der Waals surface area contributed by atoms with Crippen molar-refractivity contribution in [2.45, 2.75) is 13.3 Å². The molecule has 35 heavy (non-hydrogen) atoms. The number of carbonyl (C=O) groups excluding carboxylic acids is 1. The van der Waals surface area contributed by atoms with Gasteiger partial charge in [-0.05, 0) is 60.9 Å². The van der Waals surface area contributed by atoms with Crippen LogP contribution in [0.1, 0.15) is 32.2 Å². The van der Waals surface area contributed by atoms with Crippen molar-refractivity contribution >= 4 is 28.8 Å². The minimum Gasteiger partial charge on any atom is -0.497 e. The molecule has 4 rings (SSSR count). The van der Waals surface area contributed by atoms with Gasteiger partial charge in [0.25, 0.3) is 5.91 Å².